The number of nitrogens with zero attached hydrogens (tertiary/aromatic N) is 3. The maximum absolute atomic E-state index is 11.2. The zero-order valence-corrected chi connectivity index (χ0v) is 9.23. The molecule has 0 spiro atoms. The molecule has 1 N–H and O–H groups in total. The van der Waals surface area contributed by atoms with Gasteiger partial charge in [0, 0.05) is 11.9 Å². The van der Waals surface area contributed by atoms with E-state index in [0.717, 1.165) is 0 Å². The van der Waals surface area contributed by atoms with Crippen LogP contribution in [0.3, 0.4) is 0 Å². The van der Waals surface area contributed by atoms with E-state index in [4.69, 9.17) is 0 Å². The van der Waals surface area contributed by atoms with Gasteiger partial charge in [0.1, 0.15) is 6.67 Å². The molecule has 0 bridgehead atoms. The number of benzene rings is 1. The molecule has 1 amide bonds. The number of rotatable bonds is 3. The molecule has 1 aliphatic heterocycles. The molecule has 0 saturated carbocycles. The molecule has 1 aliphatic rings. The number of carbonyl (C=O) groups is 1. The van der Waals surface area contributed by atoms with Gasteiger partial charge in [-0.2, -0.15) is 5.10 Å². The topological polar surface area (TPSA) is 56.1 Å². The Bertz CT molecular complexity index is 442. The molecule has 5 nitrogen and oxygen atoms in total. The van der Waals surface area contributed by atoms with Crippen molar-refractivity contribution >= 4 is 18.0 Å². The molecule has 0 fully saturated rings. The van der Waals surface area contributed by atoms with Gasteiger partial charge in [0.15, 0.2) is 0 Å². The van der Waals surface area contributed by atoms with E-state index in [0.29, 0.717) is 12.2 Å². The normalized spacial score (nSPS) is 13.8. The second-order valence-corrected chi connectivity index (χ2v) is 3.57. The first-order valence-corrected chi connectivity index (χ1v) is 5.27. The highest BCUT2D eigenvalue weighted by molar-refractivity contribution is 5.85. The molecule has 0 atom stereocenters. The first kappa shape index (κ1) is 11.2. The van der Waals surface area contributed by atoms with Crippen LogP contribution in [0.5, 0.6) is 0 Å². The van der Waals surface area contributed by atoms with Crippen LogP contribution in [0.2, 0.25) is 0 Å². The summed E-state index contributed by atoms with van der Waals surface area (Å²) in [6.07, 6.45) is 4.43. The predicted octanol–water partition coefficient (Wildman–Crippen LogP) is 1.99. The van der Waals surface area contributed by atoms with Gasteiger partial charge < -0.3 is 5.11 Å². The van der Waals surface area contributed by atoms with Crippen LogP contribution in [0.4, 0.5) is 10.5 Å². The molecule has 5 heteroatoms. The Balaban J connectivity index is 2.11. The third kappa shape index (κ3) is 2.84. The Morgan fingerprint density at radius 2 is 2.18 bits per heavy atom. The van der Waals surface area contributed by atoms with Crippen LogP contribution in [0.1, 0.15) is 0 Å². The van der Waals surface area contributed by atoms with Crippen LogP contribution in [0.25, 0.3) is 0 Å². The lowest BCUT2D eigenvalue weighted by atomic mass is 10.3. The van der Waals surface area contributed by atoms with Gasteiger partial charge in [-0.15, -0.1) is 0 Å². The third-order valence-corrected chi connectivity index (χ3v) is 2.37. The number of allylic oxidation sites excluding steroid dienone is 1. The summed E-state index contributed by atoms with van der Waals surface area (Å²) < 4.78 is 0. The zero-order valence-electron chi connectivity index (χ0n) is 9.23. The summed E-state index contributed by atoms with van der Waals surface area (Å²) in [6.45, 7) is 0.841. The fourth-order valence-corrected chi connectivity index (χ4v) is 1.54. The van der Waals surface area contributed by atoms with Crippen LogP contribution >= 0.6 is 0 Å². The lowest BCUT2D eigenvalue weighted by Crippen LogP contribution is -2.39. The second kappa shape index (κ2) is 5.16. The van der Waals surface area contributed by atoms with Crippen molar-refractivity contribution in [3.63, 3.8) is 0 Å². The molecular weight excluding hydrogens is 218 g/mol. The van der Waals surface area contributed by atoms with Gasteiger partial charge in [-0.05, 0) is 18.2 Å². The Kier molecular flexibility index (Phi) is 3.40. The average molecular weight is 231 g/mol. The van der Waals surface area contributed by atoms with Crippen molar-refractivity contribution in [3.8, 4) is 0 Å². The summed E-state index contributed by atoms with van der Waals surface area (Å²) in [6, 6.07) is 9.00. The van der Waals surface area contributed by atoms with E-state index in [2.05, 4.69) is 5.10 Å². The summed E-state index contributed by atoms with van der Waals surface area (Å²) in [5, 5.41) is 15.0. The van der Waals surface area contributed by atoms with Crippen molar-refractivity contribution in [2.24, 2.45) is 5.10 Å². The van der Waals surface area contributed by atoms with Gasteiger partial charge in [-0.1, -0.05) is 24.3 Å². The number of amides is 1. The van der Waals surface area contributed by atoms with Crippen LogP contribution in [-0.4, -0.2) is 35.6 Å². The smallest absolute Gasteiger partial charge is 0.413 e. The maximum atomic E-state index is 11.2. The lowest BCUT2D eigenvalue weighted by Gasteiger charge is -2.26. The van der Waals surface area contributed by atoms with Crippen molar-refractivity contribution in [2.75, 3.05) is 18.1 Å². The number of hydrazone groups is 1. The SMILES string of the molecule is O=C(O)N(CN1CC=CC=N1)c1ccccc1. The summed E-state index contributed by atoms with van der Waals surface area (Å²) >= 11 is 0. The van der Waals surface area contributed by atoms with Gasteiger partial charge in [0.05, 0.1) is 6.54 Å². The van der Waals surface area contributed by atoms with E-state index in [-0.39, 0.29) is 6.67 Å². The maximum Gasteiger partial charge on any atom is 0.413 e. The summed E-state index contributed by atoms with van der Waals surface area (Å²) in [5.74, 6) is 0. The first-order valence-electron chi connectivity index (χ1n) is 5.27. The van der Waals surface area contributed by atoms with Crippen LogP contribution in [0, 0.1) is 0 Å². The number of hydrogen-bond donors (Lipinski definition) is 1. The van der Waals surface area contributed by atoms with Crippen molar-refractivity contribution in [1.29, 1.82) is 0 Å². The fraction of sp³-hybridized carbons (Fsp3) is 0.167. The monoisotopic (exact) mass is 231 g/mol. The lowest BCUT2D eigenvalue weighted by molar-refractivity contribution is 0.194. The quantitative estimate of drug-likeness (QED) is 0.865. The molecular formula is C12H13N3O2. The van der Waals surface area contributed by atoms with Crippen LogP contribution in [0.15, 0.2) is 47.6 Å². The standard InChI is InChI=1S/C12H13N3O2/c16-12(17)15(11-6-2-1-3-7-11)10-14-9-5-4-8-13-14/h1-8H,9-10H2,(H,16,17). The minimum atomic E-state index is -0.985. The molecule has 0 unspecified atom stereocenters. The minimum Gasteiger partial charge on any atom is -0.465 e. The molecule has 1 aromatic rings. The van der Waals surface area contributed by atoms with Gasteiger partial charge in [-0.3, -0.25) is 9.91 Å². The highest BCUT2D eigenvalue weighted by Gasteiger charge is 2.16. The Morgan fingerprint density at radius 3 is 2.76 bits per heavy atom. The van der Waals surface area contributed by atoms with Crippen molar-refractivity contribution in [1.82, 2.24) is 5.01 Å². The molecule has 0 aliphatic carbocycles. The van der Waals surface area contributed by atoms with E-state index in [1.54, 1.807) is 23.4 Å². The van der Waals surface area contributed by atoms with Gasteiger partial charge >= 0.3 is 6.09 Å². The molecule has 0 saturated heterocycles. The third-order valence-electron chi connectivity index (χ3n) is 2.37. The number of para-hydroxylation sites is 1. The number of anilines is 1. The van der Waals surface area contributed by atoms with Crippen LogP contribution in [-0.2, 0) is 0 Å². The van der Waals surface area contributed by atoms with Crippen molar-refractivity contribution in [2.45, 2.75) is 0 Å². The molecule has 0 radical (unpaired) electrons. The Labute approximate surface area is 99.3 Å². The Morgan fingerprint density at radius 1 is 1.41 bits per heavy atom. The fourth-order valence-electron chi connectivity index (χ4n) is 1.54. The van der Waals surface area contributed by atoms with Gasteiger partial charge in [0.2, 0.25) is 0 Å². The first-order chi connectivity index (χ1) is 8.27. The minimum absolute atomic E-state index is 0.222. The molecule has 17 heavy (non-hydrogen) atoms. The highest BCUT2D eigenvalue weighted by atomic mass is 16.4. The molecule has 1 heterocycles. The zero-order chi connectivity index (χ0) is 12.1. The average Bonchev–Trinajstić information content (AvgIpc) is 2.38. The van der Waals surface area contributed by atoms with E-state index in [1.165, 1.54) is 4.90 Å². The van der Waals surface area contributed by atoms with Crippen molar-refractivity contribution in [3.05, 3.63) is 42.5 Å². The second-order valence-electron chi connectivity index (χ2n) is 3.57. The summed E-state index contributed by atoms with van der Waals surface area (Å²) in [5.41, 5.74) is 0.643. The molecule has 1 aromatic carbocycles. The molecule has 0 aromatic heterocycles. The highest BCUT2D eigenvalue weighted by Crippen LogP contribution is 2.14. The van der Waals surface area contributed by atoms with Gasteiger partial charge in [-0.25, -0.2) is 4.79 Å². The van der Waals surface area contributed by atoms with Gasteiger partial charge in [0.25, 0.3) is 0 Å². The molecule has 2 rings (SSSR count). The number of hydrogen-bond acceptors (Lipinski definition) is 3. The van der Waals surface area contributed by atoms with E-state index in [1.807, 2.05) is 30.4 Å². The van der Waals surface area contributed by atoms with E-state index in [9.17, 15) is 9.90 Å². The van der Waals surface area contributed by atoms with Crippen molar-refractivity contribution < 1.29 is 9.90 Å². The summed E-state index contributed by atoms with van der Waals surface area (Å²) in [7, 11) is 0. The van der Waals surface area contributed by atoms with Crippen LogP contribution < -0.4 is 4.90 Å². The largest absolute Gasteiger partial charge is 0.465 e. The van der Waals surface area contributed by atoms with E-state index < -0.39 is 6.09 Å². The summed E-state index contributed by atoms with van der Waals surface area (Å²) in [4.78, 5) is 12.5. The predicted molar refractivity (Wildman–Crippen MR) is 66.2 cm³/mol. The van der Waals surface area contributed by atoms with E-state index >= 15 is 0 Å². The number of carboxylic acid groups (broad SMARTS) is 1. The molecule has 88 valence electrons. The Hall–Kier alpha value is -2.30.